The van der Waals surface area contributed by atoms with Gasteiger partial charge >= 0.3 is 0 Å². The summed E-state index contributed by atoms with van der Waals surface area (Å²) in [5.74, 6) is 0.611. The zero-order chi connectivity index (χ0) is 14.7. The number of rotatable bonds is 3. The number of benzene rings is 3. The molecule has 0 unspecified atom stereocenters. The lowest BCUT2D eigenvalue weighted by atomic mass is 10.1. The predicted octanol–water partition coefficient (Wildman–Crippen LogP) is 5.05. The molecule has 3 rings (SSSR count). The molecule has 0 atom stereocenters. The van der Waals surface area contributed by atoms with Crippen LogP contribution in [0.1, 0.15) is 11.1 Å². The molecule has 2 nitrogen and oxygen atoms in total. The van der Waals surface area contributed by atoms with Crippen LogP contribution in [0.25, 0.3) is 10.8 Å². The van der Waals surface area contributed by atoms with E-state index in [2.05, 4.69) is 40.2 Å². The number of halogens is 1. The number of para-hydroxylation sites is 1. The van der Waals surface area contributed by atoms with Crippen LogP contribution in [0.5, 0.6) is 5.75 Å². The van der Waals surface area contributed by atoms with Crippen LogP contribution >= 0.6 is 15.9 Å². The van der Waals surface area contributed by atoms with E-state index in [0.29, 0.717) is 17.9 Å². The first-order valence-corrected chi connectivity index (χ1v) is 7.37. The van der Waals surface area contributed by atoms with Crippen molar-refractivity contribution in [3.63, 3.8) is 0 Å². The minimum absolute atomic E-state index is 0.421. The van der Waals surface area contributed by atoms with Crippen LogP contribution in [-0.4, -0.2) is 0 Å². The van der Waals surface area contributed by atoms with E-state index >= 15 is 0 Å². The van der Waals surface area contributed by atoms with Crippen molar-refractivity contribution in [2.45, 2.75) is 6.61 Å². The van der Waals surface area contributed by atoms with E-state index in [-0.39, 0.29) is 0 Å². The van der Waals surface area contributed by atoms with Gasteiger partial charge in [0.15, 0.2) is 0 Å². The third-order valence-corrected chi connectivity index (χ3v) is 4.27. The predicted molar refractivity (Wildman–Crippen MR) is 87.1 cm³/mol. The van der Waals surface area contributed by atoms with E-state index < -0.39 is 0 Å². The molecule has 3 aromatic rings. The van der Waals surface area contributed by atoms with Crippen LogP contribution in [0, 0.1) is 11.3 Å². The van der Waals surface area contributed by atoms with E-state index in [1.165, 1.54) is 5.39 Å². The summed E-state index contributed by atoms with van der Waals surface area (Å²) in [4.78, 5) is 0. The molecule has 0 fully saturated rings. The van der Waals surface area contributed by atoms with Crippen molar-refractivity contribution in [3.8, 4) is 11.8 Å². The summed E-state index contributed by atoms with van der Waals surface area (Å²) in [5.41, 5.74) is 1.61. The lowest BCUT2D eigenvalue weighted by Gasteiger charge is -2.11. The van der Waals surface area contributed by atoms with Gasteiger partial charge in [-0.15, -0.1) is 0 Å². The second-order valence-corrected chi connectivity index (χ2v) is 5.45. The van der Waals surface area contributed by atoms with E-state index in [4.69, 9.17) is 10.00 Å². The molecule has 21 heavy (non-hydrogen) atoms. The minimum atomic E-state index is 0.421. The van der Waals surface area contributed by atoms with Crippen molar-refractivity contribution in [2.24, 2.45) is 0 Å². The fourth-order valence-corrected chi connectivity index (χ4v) is 2.84. The molecule has 0 aliphatic heterocycles. The van der Waals surface area contributed by atoms with Crippen molar-refractivity contribution in [2.75, 3.05) is 0 Å². The zero-order valence-corrected chi connectivity index (χ0v) is 12.8. The lowest BCUT2D eigenvalue weighted by Crippen LogP contribution is -1.98. The Morgan fingerprint density at radius 3 is 2.57 bits per heavy atom. The fraction of sp³-hybridized carbons (Fsp3) is 0.0556. The number of hydrogen-bond acceptors (Lipinski definition) is 2. The van der Waals surface area contributed by atoms with E-state index in [9.17, 15) is 0 Å². The van der Waals surface area contributed by atoms with E-state index in [1.54, 1.807) is 6.07 Å². The summed E-state index contributed by atoms with van der Waals surface area (Å²) in [6, 6.07) is 21.7. The van der Waals surface area contributed by atoms with Crippen LogP contribution in [-0.2, 0) is 6.61 Å². The van der Waals surface area contributed by atoms with E-state index in [1.807, 2.05) is 36.4 Å². The Kier molecular flexibility index (Phi) is 3.89. The second kappa shape index (κ2) is 5.99. The summed E-state index contributed by atoms with van der Waals surface area (Å²) in [7, 11) is 0. The van der Waals surface area contributed by atoms with Crippen LogP contribution in [0.15, 0.2) is 65.1 Å². The Morgan fingerprint density at radius 2 is 1.71 bits per heavy atom. The third-order valence-electron chi connectivity index (χ3n) is 3.33. The average Bonchev–Trinajstić information content (AvgIpc) is 2.55. The summed E-state index contributed by atoms with van der Waals surface area (Å²) >= 11 is 3.65. The Bertz CT molecular complexity index is 836. The highest BCUT2D eigenvalue weighted by atomic mass is 79.9. The van der Waals surface area contributed by atoms with Gasteiger partial charge in [0.1, 0.15) is 18.4 Å². The summed E-state index contributed by atoms with van der Waals surface area (Å²) in [6.07, 6.45) is 0. The smallest absolute Gasteiger partial charge is 0.137 e. The molecule has 0 aliphatic rings. The molecule has 0 bridgehead atoms. The van der Waals surface area contributed by atoms with Crippen LogP contribution < -0.4 is 4.74 Å². The standard InChI is InChI=1S/C18H12BrNO/c19-18-15(10-9-13-5-1-3-7-16(13)18)12-21-17-8-4-2-6-14(17)11-20/h1-10H,12H2. The van der Waals surface area contributed by atoms with Crippen molar-refractivity contribution >= 4 is 26.7 Å². The maximum Gasteiger partial charge on any atom is 0.137 e. The normalized spacial score (nSPS) is 10.3. The molecule has 0 amide bonds. The molecule has 0 saturated heterocycles. The number of ether oxygens (including phenoxy) is 1. The number of nitriles is 1. The van der Waals surface area contributed by atoms with Crippen molar-refractivity contribution in [1.82, 2.24) is 0 Å². The quantitative estimate of drug-likeness (QED) is 0.669. The number of fused-ring (bicyclic) bond motifs is 1. The Hall–Kier alpha value is -2.31. The average molecular weight is 338 g/mol. The monoisotopic (exact) mass is 337 g/mol. The van der Waals surface area contributed by atoms with Crippen LogP contribution in [0.3, 0.4) is 0 Å². The summed E-state index contributed by atoms with van der Waals surface area (Å²) in [6.45, 7) is 0.421. The van der Waals surface area contributed by atoms with Gasteiger partial charge in [0.25, 0.3) is 0 Å². The highest BCUT2D eigenvalue weighted by Crippen LogP contribution is 2.29. The molecular weight excluding hydrogens is 326 g/mol. The summed E-state index contributed by atoms with van der Waals surface area (Å²) in [5, 5.41) is 11.4. The van der Waals surface area contributed by atoms with Crippen LogP contribution in [0.2, 0.25) is 0 Å². The van der Waals surface area contributed by atoms with Crippen LogP contribution in [0.4, 0.5) is 0 Å². The SMILES string of the molecule is N#Cc1ccccc1OCc1ccc2ccccc2c1Br. The molecule has 0 heterocycles. The maximum atomic E-state index is 9.07. The Balaban J connectivity index is 1.89. The van der Waals surface area contributed by atoms with Gasteiger partial charge in [-0.3, -0.25) is 0 Å². The second-order valence-electron chi connectivity index (χ2n) is 4.66. The van der Waals surface area contributed by atoms with Gasteiger partial charge in [-0.2, -0.15) is 5.26 Å². The van der Waals surface area contributed by atoms with Gasteiger partial charge in [-0.25, -0.2) is 0 Å². The number of hydrogen-bond donors (Lipinski definition) is 0. The van der Waals surface area contributed by atoms with Crippen molar-refractivity contribution in [1.29, 1.82) is 5.26 Å². The van der Waals surface area contributed by atoms with Gasteiger partial charge in [-0.05, 0) is 38.8 Å². The lowest BCUT2D eigenvalue weighted by molar-refractivity contribution is 0.305. The maximum absolute atomic E-state index is 9.07. The molecular formula is C18H12BrNO. The summed E-state index contributed by atoms with van der Waals surface area (Å²) < 4.78 is 6.83. The van der Waals surface area contributed by atoms with E-state index in [0.717, 1.165) is 15.4 Å². The molecule has 3 heteroatoms. The molecule has 102 valence electrons. The molecule has 0 aliphatic carbocycles. The van der Waals surface area contributed by atoms with Gasteiger partial charge in [0, 0.05) is 10.0 Å². The molecule has 0 radical (unpaired) electrons. The largest absolute Gasteiger partial charge is 0.487 e. The molecule has 0 aromatic heterocycles. The first kappa shape index (κ1) is 13.7. The highest BCUT2D eigenvalue weighted by Gasteiger charge is 2.07. The zero-order valence-electron chi connectivity index (χ0n) is 11.2. The van der Waals surface area contributed by atoms with Gasteiger partial charge in [-0.1, -0.05) is 48.5 Å². The van der Waals surface area contributed by atoms with Gasteiger partial charge in [0.2, 0.25) is 0 Å². The molecule has 0 spiro atoms. The molecule has 3 aromatic carbocycles. The first-order chi connectivity index (χ1) is 10.3. The molecule has 0 N–H and O–H groups in total. The van der Waals surface area contributed by atoms with Gasteiger partial charge in [0.05, 0.1) is 5.56 Å². The van der Waals surface area contributed by atoms with Crippen molar-refractivity contribution in [3.05, 3.63) is 76.3 Å². The Labute approximate surface area is 131 Å². The first-order valence-electron chi connectivity index (χ1n) is 6.57. The van der Waals surface area contributed by atoms with Gasteiger partial charge < -0.3 is 4.74 Å². The highest BCUT2D eigenvalue weighted by molar-refractivity contribution is 9.10. The minimum Gasteiger partial charge on any atom is -0.487 e. The Morgan fingerprint density at radius 1 is 0.952 bits per heavy atom. The topological polar surface area (TPSA) is 33.0 Å². The molecule has 0 saturated carbocycles. The van der Waals surface area contributed by atoms with Crippen molar-refractivity contribution < 1.29 is 4.74 Å². The fourth-order valence-electron chi connectivity index (χ4n) is 2.23. The third kappa shape index (κ3) is 2.76. The number of nitrogens with zero attached hydrogens (tertiary/aromatic N) is 1.